The fraction of sp³-hybridized carbons (Fsp3) is 0.103. The van der Waals surface area contributed by atoms with Crippen LogP contribution >= 0.6 is 11.6 Å². The van der Waals surface area contributed by atoms with Crippen LogP contribution in [0, 0.1) is 0 Å². The Hall–Kier alpha value is -4.29. The van der Waals surface area contributed by atoms with Crippen LogP contribution in [-0.2, 0) is 5.54 Å². The summed E-state index contributed by atoms with van der Waals surface area (Å²) in [6, 6.07) is 25.2. The molecule has 178 valence electrons. The number of phenols is 1. The number of fused-ring (bicyclic) bond motifs is 6. The summed E-state index contributed by atoms with van der Waals surface area (Å²) < 4.78 is 12.0. The molecule has 0 aromatic heterocycles. The largest absolute Gasteiger partial charge is 0.508 e. The van der Waals surface area contributed by atoms with Gasteiger partial charge in [-0.3, -0.25) is 4.79 Å². The maximum absolute atomic E-state index is 13.9. The van der Waals surface area contributed by atoms with Gasteiger partial charge in [0.1, 0.15) is 28.5 Å². The van der Waals surface area contributed by atoms with Crippen molar-refractivity contribution in [3.05, 3.63) is 118 Å². The minimum atomic E-state index is -1.11. The molecule has 0 aliphatic carbocycles. The van der Waals surface area contributed by atoms with E-state index in [1.165, 1.54) is 5.01 Å². The van der Waals surface area contributed by atoms with Crippen LogP contribution in [0.25, 0.3) is 0 Å². The first-order valence-corrected chi connectivity index (χ1v) is 11.9. The van der Waals surface area contributed by atoms with Crippen molar-refractivity contribution in [2.24, 2.45) is 5.10 Å². The van der Waals surface area contributed by atoms with E-state index >= 15 is 0 Å². The third kappa shape index (κ3) is 3.26. The highest BCUT2D eigenvalue weighted by Gasteiger charge is 2.57. The van der Waals surface area contributed by atoms with E-state index in [1.54, 1.807) is 48.7 Å². The average Bonchev–Trinajstić information content (AvgIpc) is 3.12. The molecular formula is C29H21ClN2O4. The normalized spacial score (nSPS) is 17.6. The number of hydrogen-bond donors (Lipinski definition) is 1. The number of hydrazone groups is 1. The summed E-state index contributed by atoms with van der Waals surface area (Å²) in [6.45, 7) is 2.41. The number of carbonyl (C=O) groups excluding carboxylic acids is 1. The molecule has 0 saturated heterocycles. The standard InChI is InChI=1S/C29H21ClN2O4/c1-2-35-21-12-14-25-27(16-21)36-26-15-20(33)11-13-24(26)29(25)23-6-4-3-5-22(23)28(34)32(29)31-17-18-7-9-19(30)10-8-18/h3-17,33H,2H2,1H3/b31-17+. The number of hydrogen-bond acceptors (Lipinski definition) is 5. The Balaban J connectivity index is 1.64. The molecule has 2 aliphatic heterocycles. The fourth-order valence-electron chi connectivity index (χ4n) is 5.00. The number of aromatic hydroxyl groups is 1. The van der Waals surface area contributed by atoms with Gasteiger partial charge in [0, 0.05) is 39.4 Å². The summed E-state index contributed by atoms with van der Waals surface area (Å²) in [6.07, 6.45) is 1.64. The van der Waals surface area contributed by atoms with Gasteiger partial charge in [-0.25, -0.2) is 5.01 Å². The van der Waals surface area contributed by atoms with E-state index in [-0.39, 0.29) is 11.7 Å². The molecule has 0 saturated carbocycles. The topological polar surface area (TPSA) is 71.4 Å². The van der Waals surface area contributed by atoms with Crippen LogP contribution in [0.4, 0.5) is 0 Å². The van der Waals surface area contributed by atoms with Crippen LogP contribution in [0.1, 0.15) is 39.5 Å². The SMILES string of the molecule is CCOc1ccc2c(c1)Oc1cc(O)ccc1C21c2ccccc2C(=O)N1/N=C/c1ccc(Cl)cc1. The first kappa shape index (κ1) is 22.2. The predicted molar refractivity (Wildman–Crippen MR) is 137 cm³/mol. The van der Waals surface area contributed by atoms with Crippen molar-refractivity contribution in [2.75, 3.05) is 6.61 Å². The van der Waals surface area contributed by atoms with E-state index in [0.29, 0.717) is 40.0 Å². The van der Waals surface area contributed by atoms with Gasteiger partial charge in [0.05, 0.1) is 12.8 Å². The second-order valence-electron chi connectivity index (χ2n) is 8.54. The lowest BCUT2D eigenvalue weighted by Crippen LogP contribution is -2.44. The highest BCUT2D eigenvalue weighted by atomic mass is 35.5. The van der Waals surface area contributed by atoms with E-state index in [2.05, 4.69) is 0 Å². The van der Waals surface area contributed by atoms with Crippen LogP contribution in [0.2, 0.25) is 5.02 Å². The third-order valence-electron chi connectivity index (χ3n) is 6.48. The Labute approximate surface area is 213 Å². The van der Waals surface area contributed by atoms with Crippen molar-refractivity contribution in [3.63, 3.8) is 0 Å². The molecule has 0 radical (unpaired) electrons. The molecule has 1 spiro atoms. The molecule has 36 heavy (non-hydrogen) atoms. The molecule has 2 aliphatic rings. The number of halogens is 1. The van der Waals surface area contributed by atoms with Crippen LogP contribution in [0.15, 0.2) is 90.0 Å². The van der Waals surface area contributed by atoms with E-state index in [9.17, 15) is 9.90 Å². The first-order valence-electron chi connectivity index (χ1n) is 11.5. The van der Waals surface area contributed by atoms with Crippen LogP contribution in [0.3, 0.4) is 0 Å². The lowest BCUT2D eigenvalue weighted by Gasteiger charge is -2.41. The number of ether oxygens (including phenoxy) is 2. The second kappa shape index (κ2) is 8.43. The van der Waals surface area contributed by atoms with E-state index < -0.39 is 5.54 Å². The van der Waals surface area contributed by atoms with Crippen LogP contribution in [0.5, 0.6) is 23.0 Å². The van der Waals surface area contributed by atoms with Crippen molar-refractivity contribution in [1.82, 2.24) is 5.01 Å². The van der Waals surface area contributed by atoms with E-state index in [4.69, 9.17) is 26.2 Å². The van der Waals surface area contributed by atoms with Gasteiger partial charge in [-0.15, -0.1) is 0 Å². The van der Waals surface area contributed by atoms with E-state index in [1.807, 2.05) is 49.4 Å². The molecule has 0 bridgehead atoms. The molecule has 7 heteroatoms. The maximum Gasteiger partial charge on any atom is 0.275 e. The number of nitrogens with zero attached hydrogens (tertiary/aromatic N) is 2. The zero-order valence-electron chi connectivity index (χ0n) is 19.3. The molecule has 1 N–H and O–H groups in total. The molecule has 4 aromatic rings. The average molecular weight is 497 g/mol. The lowest BCUT2D eigenvalue weighted by molar-refractivity contribution is 0.0675. The fourth-order valence-corrected chi connectivity index (χ4v) is 5.12. The number of rotatable bonds is 4. The van der Waals surface area contributed by atoms with Gasteiger partial charge in [-0.2, -0.15) is 5.10 Å². The van der Waals surface area contributed by atoms with Gasteiger partial charge in [-0.1, -0.05) is 41.9 Å². The lowest BCUT2D eigenvalue weighted by atomic mass is 9.75. The smallest absolute Gasteiger partial charge is 0.275 e. The molecule has 4 aromatic carbocycles. The first-order chi connectivity index (χ1) is 17.5. The quantitative estimate of drug-likeness (QED) is 0.335. The van der Waals surface area contributed by atoms with Gasteiger partial charge >= 0.3 is 0 Å². The van der Waals surface area contributed by atoms with Crippen molar-refractivity contribution in [1.29, 1.82) is 0 Å². The van der Waals surface area contributed by atoms with Gasteiger partial charge in [-0.05, 0) is 55.0 Å². The Bertz CT molecular complexity index is 1530. The Kier molecular flexibility index (Phi) is 5.20. The Morgan fingerprint density at radius 2 is 1.69 bits per heavy atom. The number of carbonyl (C=O) groups is 1. The Morgan fingerprint density at radius 1 is 0.972 bits per heavy atom. The molecule has 0 fully saturated rings. The third-order valence-corrected chi connectivity index (χ3v) is 6.73. The second-order valence-corrected chi connectivity index (χ2v) is 8.98. The van der Waals surface area contributed by atoms with Gasteiger partial charge in [0.2, 0.25) is 0 Å². The molecular weight excluding hydrogens is 476 g/mol. The van der Waals surface area contributed by atoms with Gasteiger partial charge in [0.15, 0.2) is 0 Å². The minimum Gasteiger partial charge on any atom is -0.508 e. The van der Waals surface area contributed by atoms with Crippen molar-refractivity contribution >= 4 is 23.7 Å². The highest BCUT2D eigenvalue weighted by Crippen LogP contribution is 2.58. The molecule has 1 atom stereocenters. The zero-order chi connectivity index (χ0) is 24.9. The van der Waals surface area contributed by atoms with Crippen molar-refractivity contribution in [2.45, 2.75) is 12.5 Å². The molecule has 2 heterocycles. The molecule has 6 rings (SSSR count). The van der Waals surface area contributed by atoms with Crippen molar-refractivity contribution in [3.8, 4) is 23.0 Å². The summed E-state index contributed by atoms with van der Waals surface area (Å²) in [7, 11) is 0. The summed E-state index contributed by atoms with van der Waals surface area (Å²) >= 11 is 6.05. The number of phenolic OH excluding ortho intramolecular Hbond substituents is 1. The molecule has 1 amide bonds. The Morgan fingerprint density at radius 3 is 2.47 bits per heavy atom. The number of benzene rings is 4. The van der Waals surface area contributed by atoms with Gasteiger partial charge < -0.3 is 14.6 Å². The summed E-state index contributed by atoms with van der Waals surface area (Å²) in [5.74, 6) is 1.42. The van der Waals surface area contributed by atoms with Crippen molar-refractivity contribution < 1.29 is 19.4 Å². The van der Waals surface area contributed by atoms with Crippen LogP contribution < -0.4 is 9.47 Å². The zero-order valence-corrected chi connectivity index (χ0v) is 20.1. The highest BCUT2D eigenvalue weighted by molar-refractivity contribution is 6.30. The molecule has 1 unspecified atom stereocenters. The summed E-state index contributed by atoms with van der Waals surface area (Å²) in [5.41, 5.74) is 2.45. The summed E-state index contributed by atoms with van der Waals surface area (Å²) in [5, 5.41) is 17.1. The number of amides is 1. The minimum absolute atomic E-state index is 0.0575. The van der Waals surface area contributed by atoms with E-state index in [0.717, 1.165) is 16.7 Å². The monoisotopic (exact) mass is 496 g/mol. The summed E-state index contributed by atoms with van der Waals surface area (Å²) in [4.78, 5) is 13.9. The van der Waals surface area contributed by atoms with Crippen LogP contribution in [-0.4, -0.2) is 28.8 Å². The maximum atomic E-state index is 13.9. The van der Waals surface area contributed by atoms with Gasteiger partial charge in [0.25, 0.3) is 5.91 Å². The molecule has 6 nitrogen and oxygen atoms in total. The predicted octanol–water partition coefficient (Wildman–Crippen LogP) is 6.33.